The molecule has 0 radical (unpaired) electrons. The lowest BCUT2D eigenvalue weighted by Crippen LogP contribution is -2.45. The molecule has 3 aliphatic rings. The summed E-state index contributed by atoms with van der Waals surface area (Å²) in [7, 11) is -3.32. The molecule has 3 N–H and O–H groups in total. The number of aryl methyl sites for hydroxylation is 1. The minimum absolute atomic E-state index is 0.0152. The second-order valence-electron chi connectivity index (χ2n) is 12.9. The number of anilines is 2. The molecule has 2 amide bonds. The number of aliphatic hydroxyl groups is 1. The standard InChI is InChI=1S/C32H40BrFN6O4Si/c1-20-29(45(2,3)34)28(11-14-39-19-24(12-15-41)37-38-39)44-32(20)25-17-22(33)9-10-27(25)40(31(32)43)18-21-6-4-7-23(16-21)36-30(42)26-8-5-13-35-26/h4,6-7,9-10,16-17,19-20,26,28-29,35,41H,5,8,11-15,18H2,1-3H3,(H,36,42)/t20-,26-,28+,29-,32+/m1/s1. The van der Waals surface area contributed by atoms with E-state index in [-0.39, 0.29) is 31.0 Å². The first kappa shape index (κ1) is 32.0. The minimum Gasteiger partial charge on any atom is -0.396 e. The Morgan fingerprint density at radius 3 is 2.84 bits per heavy atom. The second kappa shape index (κ2) is 12.7. The molecule has 0 aliphatic carbocycles. The molecule has 13 heteroatoms. The lowest BCUT2D eigenvalue weighted by molar-refractivity contribution is -0.146. The number of hydrogen-bond donors (Lipinski definition) is 3. The van der Waals surface area contributed by atoms with E-state index in [4.69, 9.17) is 4.74 Å². The Morgan fingerprint density at radius 2 is 2.11 bits per heavy atom. The van der Waals surface area contributed by atoms with Crippen LogP contribution in [0.25, 0.3) is 0 Å². The van der Waals surface area contributed by atoms with Gasteiger partial charge in [0.15, 0.2) is 5.60 Å². The molecule has 6 rings (SSSR count). The summed E-state index contributed by atoms with van der Waals surface area (Å²) in [6, 6.07) is 13.1. The van der Waals surface area contributed by atoms with Crippen LogP contribution in [-0.2, 0) is 39.4 Å². The molecule has 2 saturated heterocycles. The van der Waals surface area contributed by atoms with Gasteiger partial charge in [-0.2, -0.15) is 0 Å². The third kappa shape index (κ3) is 6.12. The fourth-order valence-corrected chi connectivity index (χ4v) is 10.4. The van der Waals surface area contributed by atoms with Gasteiger partial charge < -0.3 is 29.5 Å². The molecule has 0 unspecified atom stereocenters. The van der Waals surface area contributed by atoms with Crippen LogP contribution in [0.15, 0.2) is 53.1 Å². The van der Waals surface area contributed by atoms with Crippen LogP contribution in [0.5, 0.6) is 0 Å². The molecule has 1 aromatic heterocycles. The molecule has 1 spiro atoms. The maximum Gasteiger partial charge on any atom is 0.264 e. The first-order valence-corrected chi connectivity index (χ1v) is 19.4. The number of amides is 2. The Bertz CT molecular complexity index is 1580. The average Bonchev–Trinajstić information content (AvgIpc) is 3.77. The summed E-state index contributed by atoms with van der Waals surface area (Å²) < 4.78 is 25.5. The van der Waals surface area contributed by atoms with Gasteiger partial charge in [0.25, 0.3) is 5.91 Å². The summed E-state index contributed by atoms with van der Waals surface area (Å²) in [6.45, 7) is 6.88. The van der Waals surface area contributed by atoms with Gasteiger partial charge in [0.1, 0.15) is 0 Å². The Labute approximate surface area is 272 Å². The van der Waals surface area contributed by atoms with Gasteiger partial charge in [0.05, 0.1) is 30.1 Å². The monoisotopic (exact) mass is 698 g/mol. The van der Waals surface area contributed by atoms with Gasteiger partial charge in [-0.15, -0.1) is 5.10 Å². The van der Waals surface area contributed by atoms with Crippen molar-refractivity contribution in [3.63, 3.8) is 0 Å². The predicted octanol–water partition coefficient (Wildman–Crippen LogP) is 4.68. The molecule has 240 valence electrons. The predicted molar refractivity (Wildman–Crippen MR) is 175 cm³/mol. The van der Waals surface area contributed by atoms with Crippen LogP contribution in [0.1, 0.15) is 43.0 Å². The van der Waals surface area contributed by atoms with E-state index >= 15 is 4.11 Å². The SMILES string of the molecule is C[C@@H]1[C@@H]([Si](C)(C)F)[C@H](CCn2cc(CCO)nn2)O[C@@]12C(=O)N(Cc1cccc(NC(=O)[C@H]3CCCN3)c1)c1ccc(Br)cc12. The molecule has 0 saturated carbocycles. The van der Waals surface area contributed by atoms with Crippen molar-refractivity contribution in [2.45, 2.75) is 82.1 Å². The summed E-state index contributed by atoms with van der Waals surface area (Å²) in [4.78, 5) is 29.1. The number of aromatic nitrogens is 3. The van der Waals surface area contributed by atoms with E-state index in [2.05, 4.69) is 36.9 Å². The van der Waals surface area contributed by atoms with Gasteiger partial charge in [-0.3, -0.25) is 14.3 Å². The number of aliphatic hydroxyl groups excluding tert-OH is 1. The van der Waals surface area contributed by atoms with Crippen LogP contribution < -0.4 is 15.5 Å². The molecule has 4 heterocycles. The fraction of sp³-hybridized carbons (Fsp3) is 0.500. The molecule has 3 aliphatic heterocycles. The van der Waals surface area contributed by atoms with E-state index in [1.807, 2.05) is 49.4 Å². The highest BCUT2D eigenvalue weighted by Gasteiger charge is 2.66. The van der Waals surface area contributed by atoms with Gasteiger partial charge in [-0.05, 0) is 74.8 Å². The second-order valence-corrected chi connectivity index (χ2v) is 17.6. The highest BCUT2D eigenvalue weighted by molar-refractivity contribution is 9.10. The number of nitrogens with one attached hydrogen (secondary N) is 2. The summed E-state index contributed by atoms with van der Waals surface area (Å²) in [5, 5.41) is 23.7. The fourth-order valence-electron chi connectivity index (χ4n) is 7.45. The number of rotatable bonds is 10. The van der Waals surface area contributed by atoms with Crippen molar-refractivity contribution in [2.75, 3.05) is 23.4 Å². The Morgan fingerprint density at radius 1 is 1.29 bits per heavy atom. The van der Waals surface area contributed by atoms with Crippen molar-refractivity contribution in [3.05, 3.63) is 70.0 Å². The Hall–Kier alpha value is -2.97. The number of carbonyl (C=O) groups is 2. The lowest BCUT2D eigenvalue weighted by atomic mass is 9.82. The van der Waals surface area contributed by atoms with Gasteiger partial charge in [-0.1, -0.05) is 40.2 Å². The largest absolute Gasteiger partial charge is 0.396 e. The molecule has 2 fully saturated rings. The summed E-state index contributed by atoms with van der Waals surface area (Å²) >= 11 is 3.60. The summed E-state index contributed by atoms with van der Waals surface area (Å²) in [6.07, 6.45) is 3.94. The van der Waals surface area contributed by atoms with Crippen LogP contribution in [0.3, 0.4) is 0 Å². The van der Waals surface area contributed by atoms with Crippen molar-refractivity contribution in [3.8, 4) is 0 Å². The van der Waals surface area contributed by atoms with Crippen molar-refractivity contribution in [2.24, 2.45) is 5.92 Å². The number of ether oxygens (including phenoxy) is 1. The smallest absolute Gasteiger partial charge is 0.264 e. The third-order valence-electron chi connectivity index (χ3n) is 9.43. The molecular formula is C32H40BrFN6O4Si. The van der Waals surface area contributed by atoms with Crippen LogP contribution in [0.2, 0.25) is 18.6 Å². The number of carbonyl (C=O) groups excluding carboxylic acids is 2. The van der Waals surface area contributed by atoms with E-state index in [1.54, 1.807) is 28.9 Å². The van der Waals surface area contributed by atoms with Gasteiger partial charge in [0, 0.05) is 53.0 Å². The van der Waals surface area contributed by atoms with Crippen molar-refractivity contribution >= 4 is 47.5 Å². The van der Waals surface area contributed by atoms with E-state index in [0.29, 0.717) is 30.8 Å². The molecule has 5 atom stereocenters. The van der Waals surface area contributed by atoms with Crippen LogP contribution in [-0.4, -0.2) is 65.6 Å². The zero-order chi connectivity index (χ0) is 31.9. The zero-order valence-electron chi connectivity index (χ0n) is 25.8. The maximum absolute atomic E-state index is 16.2. The van der Waals surface area contributed by atoms with Gasteiger partial charge >= 0.3 is 0 Å². The molecule has 0 bridgehead atoms. The lowest BCUT2D eigenvalue weighted by Gasteiger charge is -2.31. The number of fused-ring (bicyclic) bond motifs is 2. The number of benzene rings is 2. The topological polar surface area (TPSA) is 122 Å². The van der Waals surface area contributed by atoms with Crippen molar-refractivity contribution in [1.29, 1.82) is 0 Å². The Balaban J connectivity index is 1.28. The summed E-state index contributed by atoms with van der Waals surface area (Å²) in [5.41, 5.74) is 1.92. The molecular weight excluding hydrogens is 659 g/mol. The van der Waals surface area contributed by atoms with E-state index in [9.17, 15) is 14.7 Å². The maximum atomic E-state index is 16.2. The van der Waals surface area contributed by atoms with Gasteiger partial charge in [-0.25, -0.2) is 0 Å². The molecule has 45 heavy (non-hydrogen) atoms. The average molecular weight is 700 g/mol. The van der Waals surface area contributed by atoms with Crippen molar-refractivity contribution in [1.82, 2.24) is 20.3 Å². The first-order chi connectivity index (χ1) is 21.5. The normalized spacial score (nSPS) is 26.2. The van der Waals surface area contributed by atoms with E-state index in [0.717, 1.165) is 40.7 Å². The van der Waals surface area contributed by atoms with Crippen LogP contribution in [0.4, 0.5) is 15.5 Å². The van der Waals surface area contributed by atoms with E-state index in [1.165, 1.54) is 0 Å². The molecule has 10 nitrogen and oxygen atoms in total. The van der Waals surface area contributed by atoms with Crippen LogP contribution >= 0.6 is 15.9 Å². The Kier molecular flexibility index (Phi) is 9.01. The number of hydrogen-bond acceptors (Lipinski definition) is 7. The molecule has 2 aromatic carbocycles. The number of nitrogens with zero attached hydrogens (tertiary/aromatic N) is 4. The minimum atomic E-state index is -3.32. The van der Waals surface area contributed by atoms with Crippen LogP contribution in [0, 0.1) is 5.92 Å². The van der Waals surface area contributed by atoms with Gasteiger partial charge in [0.2, 0.25) is 14.3 Å². The van der Waals surface area contributed by atoms with Crippen molar-refractivity contribution < 1.29 is 23.5 Å². The molecule has 3 aromatic rings. The first-order valence-electron chi connectivity index (χ1n) is 15.6. The number of halogens is 2. The van der Waals surface area contributed by atoms with E-state index < -0.39 is 31.6 Å². The summed E-state index contributed by atoms with van der Waals surface area (Å²) in [5.74, 6) is -0.677. The quantitative estimate of drug-likeness (QED) is 0.208. The third-order valence-corrected chi connectivity index (χ3v) is 12.4. The highest BCUT2D eigenvalue weighted by atomic mass is 79.9. The highest BCUT2D eigenvalue weighted by Crippen LogP contribution is 2.60. The zero-order valence-corrected chi connectivity index (χ0v) is 28.4.